The topological polar surface area (TPSA) is 54.0 Å². The fourth-order valence-electron chi connectivity index (χ4n) is 1.44. The lowest BCUT2D eigenvalue weighted by Crippen LogP contribution is -2.07. The van der Waals surface area contributed by atoms with Gasteiger partial charge in [-0.1, -0.05) is 12.1 Å². The van der Waals surface area contributed by atoms with Crippen molar-refractivity contribution in [2.24, 2.45) is 0 Å². The minimum atomic E-state index is -0.330. The normalized spacial score (nSPS) is 9.89. The lowest BCUT2D eigenvalue weighted by atomic mass is 10.3. The van der Waals surface area contributed by atoms with Gasteiger partial charge in [-0.05, 0) is 24.3 Å². The molecule has 0 aliphatic rings. The van der Waals surface area contributed by atoms with Gasteiger partial charge in [0.15, 0.2) is 0 Å². The molecule has 1 aromatic carbocycles. The Kier molecular flexibility index (Phi) is 3.52. The number of aromatic nitrogens is 1. The maximum Gasteiger partial charge on any atom is 0.222 e. The zero-order valence-corrected chi connectivity index (χ0v) is 9.77. The van der Waals surface area contributed by atoms with E-state index in [1.165, 1.54) is 19.2 Å². The fourth-order valence-corrected chi connectivity index (χ4v) is 1.44. The first-order valence-corrected chi connectivity index (χ1v) is 5.40. The smallest absolute Gasteiger partial charge is 0.222 e. The van der Waals surface area contributed by atoms with Gasteiger partial charge in [0.2, 0.25) is 5.91 Å². The first kappa shape index (κ1) is 12.0. The van der Waals surface area contributed by atoms with Crippen molar-refractivity contribution in [1.29, 1.82) is 0 Å². The third-order valence-corrected chi connectivity index (χ3v) is 2.22. The number of pyridine rings is 1. The van der Waals surface area contributed by atoms with Crippen LogP contribution in [0.1, 0.15) is 6.92 Å². The Labute approximate surface area is 104 Å². The molecule has 0 spiro atoms. The summed E-state index contributed by atoms with van der Waals surface area (Å²) in [6.45, 7) is 1.41. The van der Waals surface area contributed by atoms with Crippen LogP contribution in [0.25, 0.3) is 0 Å². The number of nitrogens with zero attached hydrogens (tertiary/aromatic N) is 1. The van der Waals surface area contributed by atoms with Crippen molar-refractivity contribution >= 4 is 23.1 Å². The molecule has 0 fully saturated rings. The summed E-state index contributed by atoms with van der Waals surface area (Å²) in [5, 5.41) is 5.46. The Bertz CT molecular complexity index is 554. The number of halogens is 1. The molecular formula is C13H12FN3O. The largest absolute Gasteiger partial charge is 0.352 e. The van der Waals surface area contributed by atoms with Crippen LogP contribution in [0.4, 0.5) is 21.6 Å². The molecule has 0 radical (unpaired) electrons. The molecule has 0 bridgehead atoms. The maximum atomic E-state index is 13.4. The third kappa shape index (κ3) is 3.04. The number of rotatable bonds is 3. The van der Waals surface area contributed by atoms with Gasteiger partial charge in [0.05, 0.1) is 17.6 Å². The zero-order valence-electron chi connectivity index (χ0n) is 9.77. The first-order chi connectivity index (χ1) is 8.65. The van der Waals surface area contributed by atoms with Crippen molar-refractivity contribution in [3.8, 4) is 0 Å². The molecule has 0 aliphatic carbocycles. The number of carbonyl (C=O) groups excluding carboxylic acids is 1. The lowest BCUT2D eigenvalue weighted by molar-refractivity contribution is -0.114. The van der Waals surface area contributed by atoms with Crippen LogP contribution in [-0.4, -0.2) is 10.9 Å². The van der Waals surface area contributed by atoms with E-state index < -0.39 is 0 Å². The molecule has 18 heavy (non-hydrogen) atoms. The average Bonchev–Trinajstić information content (AvgIpc) is 2.34. The molecule has 0 aliphatic heterocycles. The van der Waals surface area contributed by atoms with E-state index in [-0.39, 0.29) is 11.7 Å². The fraction of sp³-hybridized carbons (Fsp3) is 0.0769. The third-order valence-electron chi connectivity index (χ3n) is 2.22. The van der Waals surface area contributed by atoms with Crippen molar-refractivity contribution < 1.29 is 9.18 Å². The molecule has 0 unspecified atom stereocenters. The number of benzene rings is 1. The maximum absolute atomic E-state index is 13.4. The number of nitrogens with one attached hydrogen (secondary N) is 2. The van der Waals surface area contributed by atoms with Gasteiger partial charge >= 0.3 is 0 Å². The number of amides is 1. The minimum Gasteiger partial charge on any atom is -0.352 e. The highest BCUT2D eigenvalue weighted by Crippen LogP contribution is 2.19. The molecule has 0 atom stereocenters. The summed E-state index contributed by atoms with van der Waals surface area (Å²) in [6.07, 6.45) is 1.53. The van der Waals surface area contributed by atoms with E-state index in [4.69, 9.17) is 0 Å². The van der Waals surface area contributed by atoms with Crippen LogP contribution in [0.5, 0.6) is 0 Å². The Hall–Kier alpha value is -2.43. The highest BCUT2D eigenvalue weighted by Gasteiger charge is 2.02. The van der Waals surface area contributed by atoms with Gasteiger partial charge in [0, 0.05) is 6.92 Å². The minimum absolute atomic E-state index is 0.183. The van der Waals surface area contributed by atoms with Gasteiger partial charge in [0.1, 0.15) is 11.6 Å². The van der Waals surface area contributed by atoms with Gasteiger partial charge in [-0.25, -0.2) is 9.37 Å². The monoisotopic (exact) mass is 245 g/mol. The molecule has 92 valence electrons. The van der Waals surface area contributed by atoms with Crippen LogP contribution in [0.15, 0.2) is 42.6 Å². The summed E-state index contributed by atoms with van der Waals surface area (Å²) in [4.78, 5) is 14.8. The van der Waals surface area contributed by atoms with E-state index >= 15 is 0 Å². The van der Waals surface area contributed by atoms with E-state index in [0.29, 0.717) is 17.2 Å². The number of hydrogen-bond acceptors (Lipinski definition) is 3. The molecule has 0 saturated heterocycles. The quantitative estimate of drug-likeness (QED) is 0.874. The van der Waals surface area contributed by atoms with Crippen molar-refractivity contribution in [1.82, 2.24) is 4.98 Å². The van der Waals surface area contributed by atoms with Crippen LogP contribution in [-0.2, 0) is 4.79 Å². The highest BCUT2D eigenvalue weighted by molar-refractivity contribution is 5.87. The SMILES string of the molecule is CC(=O)Nc1ccc(Nc2ccccc2F)cn1. The molecular weight excluding hydrogens is 233 g/mol. The van der Waals surface area contributed by atoms with E-state index in [1.54, 1.807) is 30.3 Å². The Balaban J connectivity index is 2.11. The molecule has 2 aromatic rings. The van der Waals surface area contributed by atoms with Gasteiger partial charge in [-0.3, -0.25) is 4.79 Å². The predicted octanol–water partition coefficient (Wildman–Crippen LogP) is 2.92. The van der Waals surface area contributed by atoms with E-state index in [2.05, 4.69) is 15.6 Å². The molecule has 2 N–H and O–H groups in total. The van der Waals surface area contributed by atoms with Gasteiger partial charge in [-0.2, -0.15) is 0 Å². The summed E-state index contributed by atoms with van der Waals surface area (Å²) >= 11 is 0. The molecule has 4 nitrogen and oxygen atoms in total. The number of para-hydroxylation sites is 1. The molecule has 1 heterocycles. The van der Waals surface area contributed by atoms with Crippen molar-refractivity contribution in [3.63, 3.8) is 0 Å². The van der Waals surface area contributed by atoms with Crippen LogP contribution in [0.3, 0.4) is 0 Å². The van der Waals surface area contributed by atoms with Gasteiger partial charge < -0.3 is 10.6 Å². The number of hydrogen-bond donors (Lipinski definition) is 2. The number of carbonyl (C=O) groups is 1. The second kappa shape index (κ2) is 5.27. The molecule has 0 saturated carbocycles. The first-order valence-electron chi connectivity index (χ1n) is 5.40. The predicted molar refractivity (Wildman–Crippen MR) is 68.2 cm³/mol. The van der Waals surface area contributed by atoms with Crippen LogP contribution in [0.2, 0.25) is 0 Å². The van der Waals surface area contributed by atoms with Crippen LogP contribution >= 0.6 is 0 Å². The van der Waals surface area contributed by atoms with Gasteiger partial charge in [0.25, 0.3) is 0 Å². The van der Waals surface area contributed by atoms with E-state index in [0.717, 1.165) is 0 Å². The summed E-state index contributed by atoms with van der Waals surface area (Å²) in [5.41, 5.74) is 1.03. The second-order valence-electron chi connectivity index (χ2n) is 3.72. The Morgan fingerprint density at radius 3 is 2.61 bits per heavy atom. The Morgan fingerprint density at radius 2 is 2.00 bits per heavy atom. The van der Waals surface area contributed by atoms with E-state index in [9.17, 15) is 9.18 Å². The van der Waals surface area contributed by atoms with Crippen LogP contribution < -0.4 is 10.6 Å². The lowest BCUT2D eigenvalue weighted by Gasteiger charge is -2.07. The standard InChI is InChI=1S/C13H12FN3O/c1-9(18)16-13-7-6-10(8-15-13)17-12-5-3-2-4-11(12)14/h2-8,17H,1H3,(H,15,16,18). The van der Waals surface area contributed by atoms with Crippen LogP contribution in [0, 0.1) is 5.82 Å². The van der Waals surface area contributed by atoms with Crippen molar-refractivity contribution in [2.75, 3.05) is 10.6 Å². The summed E-state index contributed by atoms with van der Waals surface area (Å²) in [6, 6.07) is 9.73. The summed E-state index contributed by atoms with van der Waals surface area (Å²) < 4.78 is 13.4. The van der Waals surface area contributed by atoms with Crippen molar-refractivity contribution in [2.45, 2.75) is 6.92 Å². The van der Waals surface area contributed by atoms with Gasteiger partial charge in [-0.15, -0.1) is 0 Å². The van der Waals surface area contributed by atoms with Crippen molar-refractivity contribution in [3.05, 3.63) is 48.4 Å². The zero-order chi connectivity index (χ0) is 13.0. The molecule has 1 amide bonds. The number of anilines is 3. The van der Waals surface area contributed by atoms with E-state index in [1.807, 2.05) is 0 Å². The second-order valence-corrected chi connectivity index (χ2v) is 3.72. The molecule has 2 rings (SSSR count). The summed E-state index contributed by atoms with van der Waals surface area (Å²) in [5.74, 6) is -0.0534. The summed E-state index contributed by atoms with van der Waals surface area (Å²) in [7, 11) is 0. The Morgan fingerprint density at radius 1 is 1.22 bits per heavy atom. The molecule has 1 aromatic heterocycles. The average molecular weight is 245 g/mol. The molecule has 5 heteroatoms. The highest BCUT2D eigenvalue weighted by atomic mass is 19.1.